The molecule has 0 atom stereocenters. The van der Waals surface area contributed by atoms with Crippen LogP contribution in [0.15, 0.2) is 12.4 Å². The van der Waals surface area contributed by atoms with E-state index in [1.807, 2.05) is 18.7 Å². The maximum absolute atomic E-state index is 12.0. The van der Waals surface area contributed by atoms with Gasteiger partial charge in [0.1, 0.15) is 11.5 Å². The Morgan fingerprint density at radius 2 is 2.21 bits per heavy atom. The van der Waals surface area contributed by atoms with E-state index in [4.69, 9.17) is 0 Å². The summed E-state index contributed by atoms with van der Waals surface area (Å²) >= 11 is 1.84. The van der Waals surface area contributed by atoms with Crippen LogP contribution in [0.4, 0.5) is 5.82 Å². The second kappa shape index (κ2) is 6.23. The molecule has 19 heavy (non-hydrogen) atoms. The summed E-state index contributed by atoms with van der Waals surface area (Å²) in [6.07, 6.45) is 8.83. The number of nitrogens with one attached hydrogen (secondary N) is 2. The van der Waals surface area contributed by atoms with Crippen molar-refractivity contribution in [3.8, 4) is 0 Å². The highest BCUT2D eigenvalue weighted by Gasteiger charge is 2.36. The lowest BCUT2D eigenvalue weighted by atomic mass is 9.84. The van der Waals surface area contributed by atoms with Gasteiger partial charge in [0.15, 0.2) is 0 Å². The molecule has 1 aromatic heterocycles. The van der Waals surface area contributed by atoms with Crippen LogP contribution in [0, 0.1) is 0 Å². The highest BCUT2D eigenvalue weighted by Crippen LogP contribution is 2.42. The maximum atomic E-state index is 12.0. The molecule has 0 unspecified atom stereocenters. The van der Waals surface area contributed by atoms with Gasteiger partial charge in [-0.25, -0.2) is 9.97 Å². The lowest BCUT2D eigenvalue weighted by Gasteiger charge is -2.40. The fourth-order valence-electron chi connectivity index (χ4n) is 2.07. The number of hydrogen-bond acceptors (Lipinski definition) is 5. The molecule has 1 fully saturated rings. The first-order valence-electron chi connectivity index (χ1n) is 6.58. The third kappa shape index (κ3) is 3.37. The highest BCUT2D eigenvalue weighted by atomic mass is 32.2. The number of thioether (sulfide) groups is 1. The summed E-state index contributed by atoms with van der Waals surface area (Å²) in [5.74, 6) is 0.550. The minimum atomic E-state index is -0.143. The molecule has 0 saturated heterocycles. The summed E-state index contributed by atoms with van der Waals surface area (Å²) in [5.41, 5.74) is 0.372. The summed E-state index contributed by atoms with van der Waals surface area (Å²) in [6, 6.07) is 0. The van der Waals surface area contributed by atoms with Crippen molar-refractivity contribution in [1.82, 2.24) is 15.3 Å². The van der Waals surface area contributed by atoms with Crippen LogP contribution < -0.4 is 10.6 Å². The average Bonchev–Trinajstić information content (AvgIpc) is 2.39. The van der Waals surface area contributed by atoms with E-state index in [0.29, 0.717) is 18.1 Å². The minimum absolute atomic E-state index is 0.143. The zero-order chi connectivity index (χ0) is 13.7. The molecule has 1 heterocycles. The van der Waals surface area contributed by atoms with Crippen molar-refractivity contribution in [3.05, 3.63) is 18.1 Å². The van der Waals surface area contributed by atoms with Crippen LogP contribution in [-0.4, -0.2) is 40.0 Å². The normalized spacial score (nSPS) is 16.5. The first-order chi connectivity index (χ1) is 9.19. The van der Waals surface area contributed by atoms with Crippen molar-refractivity contribution in [1.29, 1.82) is 0 Å². The van der Waals surface area contributed by atoms with Crippen molar-refractivity contribution >= 4 is 23.5 Å². The van der Waals surface area contributed by atoms with E-state index >= 15 is 0 Å². The number of rotatable bonds is 6. The molecule has 1 amide bonds. The van der Waals surface area contributed by atoms with Gasteiger partial charge in [0.2, 0.25) is 0 Å². The summed E-state index contributed by atoms with van der Waals surface area (Å²) in [4.78, 5) is 20.2. The van der Waals surface area contributed by atoms with Crippen LogP contribution in [0.2, 0.25) is 0 Å². The van der Waals surface area contributed by atoms with Gasteiger partial charge in [-0.3, -0.25) is 4.79 Å². The number of nitrogens with zero attached hydrogens (tertiary/aromatic N) is 2. The Morgan fingerprint density at radius 3 is 2.68 bits per heavy atom. The van der Waals surface area contributed by atoms with Crippen LogP contribution in [0.25, 0.3) is 0 Å². The molecule has 2 N–H and O–H groups in total. The number of carbonyl (C=O) groups excluding carboxylic acids is 1. The number of anilines is 1. The number of hydrogen-bond donors (Lipinski definition) is 2. The molecule has 0 bridgehead atoms. The fraction of sp³-hybridized carbons (Fsp3) is 0.615. The second-order valence-corrected chi connectivity index (χ2v) is 6.01. The van der Waals surface area contributed by atoms with Gasteiger partial charge in [-0.1, -0.05) is 6.42 Å². The van der Waals surface area contributed by atoms with E-state index in [-0.39, 0.29) is 10.7 Å². The van der Waals surface area contributed by atoms with Crippen molar-refractivity contribution in [3.63, 3.8) is 0 Å². The Kier molecular flexibility index (Phi) is 4.63. The van der Waals surface area contributed by atoms with E-state index in [1.165, 1.54) is 25.5 Å². The SMILES string of the molecule is CCNc1cnc(C(=O)NCC2(SC)CCC2)cn1. The standard InChI is InChI=1S/C13H20N4OS/c1-3-14-11-8-15-10(7-16-11)12(18)17-9-13(19-2)5-4-6-13/h7-8H,3-6,9H2,1-2H3,(H,14,16)(H,17,18). The Hall–Kier alpha value is -1.30. The van der Waals surface area contributed by atoms with Crippen LogP contribution in [0.5, 0.6) is 0 Å². The average molecular weight is 280 g/mol. The lowest BCUT2D eigenvalue weighted by Crippen LogP contribution is -2.45. The molecule has 1 aromatic rings. The molecule has 2 rings (SSSR count). The van der Waals surface area contributed by atoms with E-state index in [2.05, 4.69) is 26.9 Å². The molecular weight excluding hydrogens is 260 g/mol. The lowest BCUT2D eigenvalue weighted by molar-refractivity contribution is 0.0938. The molecule has 104 valence electrons. The first-order valence-corrected chi connectivity index (χ1v) is 7.81. The Morgan fingerprint density at radius 1 is 1.42 bits per heavy atom. The van der Waals surface area contributed by atoms with Crippen LogP contribution in [0.1, 0.15) is 36.7 Å². The van der Waals surface area contributed by atoms with E-state index in [1.54, 1.807) is 6.20 Å². The molecule has 0 radical (unpaired) electrons. The first kappa shape index (κ1) is 14.1. The summed E-state index contributed by atoms with van der Waals surface area (Å²) < 4.78 is 0.243. The molecule has 6 heteroatoms. The molecule has 1 saturated carbocycles. The van der Waals surface area contributed by atoms with E-state index in [9.17, 15) is 4.79 Å². The van der Waals surface area contributed by atoms with Gasteiger partial charge in [-0.05, 0) is 26.0 Å². The van der Waals surface area contributed by atoms with Gasteiger partial charge in [0.05, 0.1) is 12.4 Å². The number of aromatic nitrogens is 2. The Balaban J connectivity index is 1.89. The maximum Gasteiger partial charge on any atom is 0.271 e. The van der Waals surface area contributed by atoms with Crippen LogP contribution >= 0.6 is 11.8 Å². The quantitative estimate of drug-likeness (QED) is 0.833. The van der Waals surface area contributed by atoms with Gasteiger partial charge in [0, 0.05) is 17.8 Å². The highest BCUT2D eigenvalue weighted by molar-refractivity contribution is 8.00. The predicted octanol–water partition coefficient (Wildman–Crippen LogP) is 1.92. The third-order valence-corrected chi connectivity index (χ3v) is 4.93. The van der Waals surface area contributed by atoms with Crippen molar-refractivity contribution < 1.29 is 4.79 Å². The van der Waals surface area contributed by atoms with Crippen molar-refractivity contribution in [2.24, 2.45) is 0 Å². The summed E-state index contributed by atoms with van der Waals surface area (Å²) in [7, 11) is 0. The van der Waals surface area contributed by atoms with Crippen molar-refractivity contribution in [2.75, 3.05) is 24.7 Å². The number of carbonyl (C=O) groups is 1. The second-order valence-electron chi connectivity index (χ2n) is 4.74. The van der Waals surface area contributed by atoms with E-state index < -0.39 is 0 Å². The largest absolute Gasteiger partial charge is 0.369 e. The third-order valence-electron chi connectivity index (χ3n) is 3.51. The Bertz CT molecular complexity index is 425. The molecular formula is C13H20N4OS. The summed E-state index contributed by atoms with van der Waals surface area (Å²) in [6.45, 7) is 3.49. The smallest absolute Gasteiger partial charge is 0.271 e. The van der Waals surface area contributed by atoms with Gasteiger partial charge in [0.25, 0.3) is 5.91 Å². The van der Waals surface area contributed by atoms with Crippen LogP contribution in [-0.2, 0) is 0 Å². The molecule has 0 aromatic carbocycles. The minimum Gasteiger partial charge on any atom is -0.369 e. The molecule has 0 aliphatic heterocycles. The summed E-state index contributed by atoms with van der Waals surface area (Å²) in [5, 5.41) is 6.01. The van der Waals surface area contributed by atoms with Crippen molar-refractivity contribution in [2.45, 2.75) is 30.9 Å². The monoisotopic (exact) mass is 280 g/mol. The molecule has 0 spiro atoms. The fourth-order valence-corrected chi connectivity index (χ4v) is 2.99. The van der Waals surface area contributed by atoms with Gasteiger partial charge in [-0.15, -0.1) is 0 Å². The molecule has 1 aliphatic rings. The van der Waals surface area contributed by atoms with Gasteiger partial charge >= 0.3 is 0 Å². The topological polar surface area (TPSA) is 66.9 Å². The van der Waals surface area contributed by atoms with Gasteiger partial charge < -0.3 is 10.6 Å². The van der Waals surface area contributed by atoms with Crippen LogP contribution in [0.3, 0.4) is 0 Å². The molecule has 5 nitrogen and oxygen atoms in total. The zero-order valence-corrected chi connectivity index (χ0v) is 12.2. The van der Waals surface area contributed by atoms with E-state index in [0.717, 1.165) is 6.54 Å². The predicted molar refractivity (Wildman–Crippen MR) is 78.6 cm³/mol. The Labute approximate surface area is 118 Å². The van der Waals surface area contributed by atoms with Gasteiger partial charge in [-0.2, -0.15) is 11.8 Å². The zero-order valence-electron chi connectivity index (χ0n) is 11.4. The number of amides is 1. The molecule has 1 aliphatic carbocycles.